The lowest BCUT2D eigenvalue weighted by atomic mass is 10.2. The van der Waals surface area contributed by atoms with E-state index in [4.69, 9.17) is 14.5 Å². The summed E-state index contributed by atoms with van der Waals surface area (Å²) in [6.45, 7) is 7.85. The maximum absolute atomic E-state index is 13.0. The van der Waals surface area contributed by atoms with Crippen molar-refractivity contribution in [1.82, 2.24) is 14.5 Å². The molecule has 2 aliphatic rings. The zero-order valence-electron chi connectivity index (χ0n) is 17.4. The molecule has 0 amide bonds. The van der Waals surface area contributed by atoms with Crippen LogP contribution in [0.3, 0.4) is 0 Å². The minimum Gasteiger partial charge on any atom is -0.454 e. The van der Waals surface area contributed by atoms with Crippen molar-refractivity contribution in [2.45, 2.75) is 34.0 Å². The number of anilines is 2. The lowest BCUT2D eigenvalue weighted by Crippen LogP contribution is -2.47. The van der Waals surface area contributed by atoms with Gasteiger partial charge in [-0.1, -0.05) is 23.8 Å². The maximum Gasteiger partial charge on any atom is 0.259 e. The topological polar surface area (TPSA) is 59.8 Å². The number of rotatable bonds is 3. The fraction of sp³-hybridized carbons (Fsp3) is 0.304. The highest BCUT2D eigenvalue weighted by molar-refractivity contribution is 5.59. The molecule has 0 spiro atoms. The van der Waals surface area contributed by atoms with Crippen LogP contribution in [0.5, 0.6) is 11.5 Å². The van der Waals surface area contributed by atoms with Crippen LogP contribution in [0.2, 0.25) is 0 Å². The summed E-state index contributed by atoms with van der Waals surface area (Å²) in [5, 5.41) is 0. The summed E-state index contributed by atoms with van der Waals surface area (Å²) in [5.74, 6) is 2.23. The van der Waals surface area contributed by atoms with Gasteiger partial charge in [-0.05, 0) is 50.6 Å². The van der Waals surface area contributed by atoms with E-state index in [-0.39, 0.29) is 12.4 Å². The lowest BCUT2D eigenvalue weighted by Gasteiger charge is -2.38. The molecule has 7 nitrogen and oxygen atoms in total. The third kappa shape index (κ3) is 3.21. The predicted molar refractivity (Wildman–Crippen MR) is 114 cm³/mol. The van der Waals surface area contributed by atoms with Crippen molar-refractivity contribution >= 4 is 11.6 Å². The van der Waals surface area contributed by atoms with Crippen LogP contribution in [0.4, 0.5) is 11.6 Å². The average Bonchev–Trinajstić information content (AvgIpc) is 3.21. The van der Waals surface area contributed by atoms with E-state index in [1.165, 1.54) is 5.56 Å². The Morgan fingerprint density at radius 2 is 1.73 bits per heavy atom. The molecule has 0 aliphatic carbocycles. The van der Waals surface area contributed by atoms with Gasteiger partial charge in [0, 0.05) is 23.5 Å². The van der Waals surface area contributed by atoms with Gasteiger partial charge >= 0.3 is 0 Å². The van der Waals surface area contributed by atoms with Gasteiger partial charge in [0.15, 0.2) is 11.5 Å². The van der Waals surface area contributed by atoms with Crippen molar-refractivity contribution in [1.29, 1.82) is 0 Å². The van der Waals surface area contributed by atoms with E-state index in [2.05, 4.69) is 41.0 Å². The molecule has 7 heteroatoms. The van der Waals surface area contributed by atoms with Crippen molar-refractivity contribution in [3.63, 3.8) is 0 Å². The van der Waals surface area contributed by atoms with E-state index in [9.17, 15) is 4.79 Å². The van der Waals surface area contributed by atoms with Crippen molar-refractivity contribution in [3.8, 4) is 11.5 Å². The van der Waals surface area contributed by atoms with Gasteiger partial charge in [0.05, 0.1) is 13.3 Å². The Morgan fingerprint density at radius 3 is 2.53 bits per heavy atom. The van der Waals surface area contributed by atoms with E-state index in [1.807, 2.05) is 32.0 Å². The van der Waals surface area contributed by atoms with Crippen LogP contribution < -0.4 is 19.9 Å². The molecule has 1 aromatic heterocycles. The summed E-state index contributed by atoms with van der Waals surface area (Å²) < 4.78 is 12.7. The lowest BCUT2D eigenvalue weighted by molar-refractivity contribution is 0.173. The predicted octanol–water partition coefficient (Wildman–Crippen LogP) is 3.47. The second-order valence-electron chi connectivity index (χ2n) is 7.92. The largest absolute Gasteiger partial charge is 0.454 e. The van der Waals surface area contributed by atoms with Crippen LogP contribution in [0.1, 0.15) is 22.4 Å². The van der Waals surface area contributed by atoms with Gasteiger partial charge in [-0.25, -0.2) is 4.98 Å². The van der Waals surface area contributed by atoms with Gasteiger partial charge in [-0.3, -0.25) is 19.2 Å². The molecular weight excluding hydrogens is 380 g/mol. The number of benzene rings is 2. The molecule has 0 fully saturated rings. The van der Waals surface area contributed by atoms with Gasteiger partial charge < -0.3 is 9.47 Å². The van der Waals surface area contributed by atoms with Crippen LogP contribution in [0.15, 0.2) is 47.3 Å². The number of fused-ring (bicyclic) bond motifs is 2. The van der Waals surface area contributed by atoms with Crippen molar-refractivity contribution < 1.29 is 9.47 Å². The molecule has 154 valence electrons. The molecule has 0 unspecified atom stereocenters. The van der Waals surface area contributed by atoms with E-state index in [1.54, 1.807) is 4.57 Å². The molecule has 0 saturated heterocycles. The summed E-state index contributed by atoms with van der Waals surface area (Å²) >= 11 is 0. The number of hydrogen-bond acceptors (Lipinski definition) is 6. The summed E-state index contributed by atoms with van der Waals surface area (Å²) in [6.07, 6.45) is 0. The minimum atomic E-state index is 0.00463. The quantitative estimate of drug-likeness (QED) is 0.666. The summed E-state index contributed by atoms with van der Waals surface area (Å²) in [6, 6.07) is 14.3. The number of nitrogens with zero attached hydrogens (tertiary/aromatic N) is 4. The smallest absolute Gasteiger partial charge is 0.259 e. The highest BCUT2D eigenvalue weighted by atomic mass is 16.7. The number of aromatic nitrogens is 2. The fourth-order valence-corrected chi connectivity index (χ4v) is 3.90. The first-order valence-corrected chi connectivity index (χ1v) is 10.0. The van der Waals surface area contributed by atoms with Gasteiger partial charge in [0.2, 0.25) is 12.7 Å². The molecular formula is C23H24N4O3. The van der Waals surface area contributed by atoms with E-state index < -0.39 is 0 Å². The first kappa shape index (κ1) is 18.7. The molecule has 30 heavy (non-hydrogen) atoms. The molecule has 2 aliphatic heterocycles. The zero-order chi connectivity index (χ0) is 20.8. The molecule has 0 radical (unpaired) electrons. The Kier molecular flexibility index (Phi) is 4.47. The van der Waals surface area contributed by atoms with Crippen molar-refractivity contribution in [2.75, 3.05) is 18.4 Å². The van der Waals surface area contributed by atoms with Crippen molar-refractivity contribution in [2.24, 2.45) is 0 Å². The highest BCUT2D eigenvalue weighted by Crippen LogP contribution is 2.34. The van der Waals surface area contributed by atoms with E-state index >= 15 is 0 Å². The first-order chi connectivity index (χ1) is 14.5. The maximum atomic E-state index is 13.0. The van der Waals surface area contributed by atoms with Crippen LogP contribution >= 0.6 is 0 Å². The molecule has 5 rings (SSSR count). The van der Waals surface area contributed by atoms with Crippen LogP contribution in [0.25, 0.3) is 0 Å². The Bertz CT molecular complexity index is 1170. The Balaban J connectivity index is 1.53. The minimum absolute atomic E-state index is 0.00463. The molecule has 3 aromatic rings. The Hall–Kier alpha value is -3.32. The Labute approximate surface area is 175 Å². The van der Waals surface area contributed by atoms with Crippen LogP contribution in [0, 0.1) is 20.8 Å². The Morgan fingerprint density at radius 1 is 0.967 bits per heavy atom. The number of hydrogen-bond donors (Lipinski definition) is 0. The van der Waals surface area contributed by atoms with E-state index in [0.717, 1.165) is 28.4 Å². The first-order valence-electron chi connectivity index (χ1n) is 10.0. The fourth-order valence-electron chi connectivity index (χ4n) is 3.90. The van der Waals surface area contributed by atoms with Crippen molar-refractivity contribution in [3.05, 3.63) is 75.2 Å². The van der Waals surface area contributed by atoms with E-state index in [0.29, 0.717) is 31.4 Å². The molecule has 3 heterocycles. The number of aryl methyl sites for hydroxylation is 2. The zero-order valence-corrected chi connectivity index (χ0v) is 17.4. The second kappa shape index (κ2) is 7.18. The standard InChI is InChI=1S/C23H24N4O3/c1-15-4-7-19(8-5-15)26-12-25(11-18-6-9-20-21(10-18)30-14-29-20)13-27-22(28)16(2)17(3)24-23(26)27/h4-10H,11-14H2,1-3H3. The third-order valence-corrected chi connectivity index (χ3v) is 5.73. The average molecular weight is 404 g/mol. The van der Waals surface area contributed by atoms with Gasteiger partial charge in [-0.15, -0.1) is 0 Å². The third-order valence-electron chi connectivity index (χ3n) is 5.73. The van der Waals surface area contributed by atoms with Gasteiger partial charge in [0.25, 0.3) is 5.56 Å². The number of ether oxygens (including phenoxy) is 2. The second-order valence-corrected chi connectivity index (χ2v) is 7.92. The monoisotopic (exact) mass is 404 g/mol. The van der Waals surface area contributed by atoms with Gasteiger partial charge in [0.1, 0.15) is 0 Å². The van der Waals surface area contributed by atoms with Crippen LogP contribution in [-0.2, 0) is 13.2 Å². The molecule has 0 atom stereocenters. The summed E-state index contributed by atoms with van der Waals surface area (Å²) in [7, 11) is 0. The summed E-state index contributed by atoms with van der Waals surface area (Å²) in [5.41, 5.74) is 4.78. The molecule has 0 bridgehead atoms. The van der Waals surface area contributed by atoms with Crippen LogP contribution in [-0.4, -0.2) is 27.9 Å². The summed E-state index contributed by atoms with van der Waals surface area (Å²) in [4.78, 5) is 22.1. The van der Waals surface area contributed by atoms with Gasteiger partial charge in [-0.2, -0.15) is 0 Å². The highest BCUT2D eigenvalue weighted by Gasteiger charge is 2.27. The molecule has 0 saturated carbocycles. The SMILES string of the molecule is Cc1ccc(N2CN(Cc3ccc4c(c3)OCO4)Cn3c2nc(C)c(C)c3=O)cc1. The normalized spacial score (nSPS) is 15.4. The molecule has 0 N–H and O–H groups in total. The molecule has 2 aromatic carbocycles.